The number of urea groups is 1. The van der Waals surface area contributed by atoms with E-state index in [0.29, 0.717) is 16.9 Å². The van der Waals surface area contributed by atoms with Crippen molar-refractivity contribution in [1.29, 1.82) is 0 Å². The van der Waals surface area contributed by atoms with Crippen LogP contribution in [0.3, 0.4) is 0 Å². The smallest absolute Gasteiger partial charge is 0.390 e. The van der Waals surface area contributed by atoms with E-state index in [1.54, 1.807) is 36.4 Å². The van der Waals surface area contributed by atoms with Gasteiger partial charge < -0.3 is 15.7 Å². The van der Waals surface area contributed by atoms with E-state index in [9.17, 15) is 32.7 Å². The van der Waals surface area contributed by atoms with E-state index in [0.717, 1.165) is 17.5 Å². The fraction of sp³-hybridized carbons (Fsp3) is 0.276. The third kappa shape index (κ3) is 6.22. The summed E-state index contributed by atoms with van der Waals surface area (Å²) in [6.07, 6.45) is -6.10. The number of alkyl halides is 3. The van der Waals surface area contributed by atoms with E-state index < -0.39 is 42.2 Å². The zero-order valence-corrected chi connectivity index (χ0v) is 20.7. The minimum Gasteiger partial charge on any atom is -0.481 e. The van der Waals surface area contributed by atoms with Crippen LogP contribution >= 0.6 is 0 Å². The highest BCUT2D eigenvalue weighted by Crippen LogP contribution is 2.46. The first-order valence-electron chi connectivity index (χ1n) is 12.2. The largest absolute Gasteiger partial charge is 0.481 e. The Morgan fingerprint density at radius 2 is 1.50 bits per heavy atom. The lowest BCUT2D eigenvalue weighted by atomic mass is 9.66. The molecule has 198 valence electrons. The number of Topliss-reactive ketones (excluding diaryl/α,β-unsaturated/α-hetero) is 1. The first-order valence-corrected chi connectivity index (χ1v) is 12.2. The number of carboxylic acids is 1. The molecule has 0 aliphatic heterocycles. The third-order valence-electron chi connectivity index (χ3n) is 6.83. The number of rotatable bonds is 7. The topological polar surface area (TPSA) is 95.5 Å². The Labute approximate surface area is 217 Å². The first kappa shape index (κ1) is 26.9. The van der Waals surface area contributed by atoms with E-state index in [2.05, 4.69) is 10.6 Å². The average Bonchev–Trinajstić information content (AvgIpc) is 2.86. The molecule has 1 atom stereocenters. The molecule has 0 saturated heterocycles. The van der Waals surface area contributed by atoms with Gasteiger partial charge in [0.15, 0.2) is 5.78 Å². The van der Waals surface area contributed by atoms with Gasteiger partial charge in [-0.3, -0.25) is 9.59 Å². The van der Waals surface area contributed by atoms with Crippen molar-refractivity contribution in [2.75, 3.05) is 10.6 Å². The van der Waals surface area contributed by atoms with Crippen molar-refractivity contribution >= 4 is 29.2 Å². The molecule has 38 heavy (non-hydrogen) atoms. The number of halogens is 3. The van der Waals surface area contributed by atoms with Gasteiger partial charge in [-0.15, -0.1) is 0 Å². The number of carbonyl (C=O) groups is 3. The Balaban J connectivity index is 1.47. The van der Waals surface area contributed by atoms with Crippen LogP contribution in [-0.2, 0) is 17.6 Å². The zero-order chi connectivity index (χ0) is 27.5. The maximum absolute atomic E-state index is 13.2. The summed E-state index contributed by atoms with van der Waals surface area (Å²) in [6.45, 7) is 2.05. The fourth-order valence-electron chi connectivity index (χ4n) is 4.91. The van der Waals surface area contributed by atoms with E-state index >= 15 is 0 Å². The molecule has 0 spiro atoms. The normalized spacial score (nSPS) is 17.0. The second kappa shape index (κ2) is 10.7. The summed E-state index contributed by atoms with van der Waals surface area (Å²) in [5, 5.41) is 14.7. The molecule has 0 heterocycles. The highest BCUT2D eigenvalue weighted by atomic mass is 19.4. The van der Waals surface area contributed by atoms with Gasteiger partial charge in [0.2, 0.25) is 0 Å². The van der Waals surface area contributed by atoms with E-state index in [1.165, 1.54) is 11.6 Å². The molecular formula is C29H27F3N2O4. The molecule has 3 N–H and O–H groups in total. The molecule has 0 saturated carbocycles. The minimum atomic E-state index is -4.66. The number of carbonyl (C=O) groups excluding carboxylic acids is 2. The zero-order valence-electron chi connectivity index (χ0n) is 20.7. The Morgan fingerprint density at radius 1 is 0.921 bits per heavy atom. The van der Waals surface area contributed by atoms with Crippen LogP contribution < -0.4 is 10.6 Å². The molecule has 0 unspecified atom stereocenters. The maximum Gasteiger partial charge on any atom is 0.390 e. The number of anilines is 2. The number of carboxylic acid groups (broad SMARTS) is 1. The average molecular weight is 525 g/mol. The summed E-state index contributed by atoms with van der Waals surface area (Å²) >= 11 is 0. The van der Waals surface area contributed by atoms with Crippen LogP contribution in [-0.4, -0.2) is 29.1 Å². The van der Waals surface area contributed by atoms with Crippen molar-refractivity contribution in [3.63, 3.8) is 0 Å². The van der Waals surface area contributed by atoms with Crippen molar-refractivity contribution in [2.24, 2.45) is 5.41 Å². The van der Waals surface area contributed by atoms with Crippen LogP contribution in [0.4, 0.5) is 29.3 Å². The van der Waals surface area contributed by atoms with Gasteiger partial charge in [-0.1, -0.05) is 49.4 Å². The van der Waals surface area contributed by atoms with Crippen molar-refractivity contribution < 1.29 is 32.7 Å². The van der Waals surface area contributed by atoms with Gasteiger partial charge >= 0.3 is 18.2 Å². The standard InChI is InChI=1S/C29H27F3N2O4/c1-2-18-3-8-22(9-4-18)33-27(38)34-23-10-5-19(6-11-23)20-7-12-24-21(15-20)13-14-28(26(24)37,16-25(35)36)17-29(30,31)32/h3-12,15H,2,13-14,16-17H2,1H3,(H,35,36)(H2,33,34,38)/t28-/m1/s1. The van der Waals surface area contributed by atoms with Crippen LogP contribution in [0.1, 0.15) is 47.7 Å². The van der Waals surface area contributed by atoms with Gasteiger partial charge in [0, 0.05) is 16.9 Å². The van der Waals surface area contributed by atoms with Gasteiger partial charge in [-0.25, -0.2) is 4.79 Å². The first-order chi connectivity index (χ1) is 18.0. The van der Waals surface area contributed by atoms with E-state index in [1.807, 2.05) is 31.2 Å². The Bertz CT molecular complexity index is 1350. The molecule has 0 fully saturated rings. The number of hydrogen-bond donors (Lipinski definition) is 3. The van der Waals surface area contributed by atoms with Crippen LogP contribution in [0, 0.1) is 5.41 Å². The molecule has 3 aromatic carbocycles. The fourth-order valence-corrected chi connectivity index (χ4v) is 4.91. The van der Waals surface area contributed by atoms with Crippen molar-refractivity contribution in [3.05, 3.63) is 83.4 Å². The number of aryl methyl sites for hydroxylation is 2. The van der Waals surface area contributed by atoms with Crippen molar-refractivity contribution in [1.82, 2.24) is 0 Å². The molecule has 4 rings (SSSR count). The lowest BCUT2D eigenvalue weighted by Gasteiger charge is -2.36. The van der Waals surface area contributed by atoms with Crippen LogP contribution in [0.25, 0.3) is 11.1 Å². The summed E-state index contributed by atoms with van der Waals surface area (Å²) in [4.78, 5) is 36.7. The van der Waals surface area contributed by atoms with Gasteiger partial charge in [0.25, 0.3) is 0 Å². The summed E-state index contributed by atoms with van der Waals surface area (Å²) in [6, 6.07) is 19.0. The van der Waals surface area contributed by atoms with Gasteiger partial charge in [0.05, 0.1) is 18.3 Å². The SMILES string of the molecule is CCc1ccc(NC(=O)Nc2ccc(-c3ccc4c(c3)CC[C@@](CC(=O)O)(CC(F)(F)F)C4=O)cc2)cc1. The van der Waals surface area contributed by atoms with Gasteiger partial charge in [0.1, 0.15) is 0 Å². The minimum absolute atomic E-state index is 0.132. The summed E-state index contributed by atoms with van der Waals surface area (Å²) < 4.78 is 39.7. The second-order valence-corrected chi connectivity index (χ2v) is 9.55. The lowest BCUT2D eigenvalue weighted by Crippen LogP contribution is -2.41. The number of ketones is 1. The molecule has 0 radical (unpaired) electrons. The number of nitrogens with one attached hydrogen (secondary N) is 2. The van der Waals surface area contributed by atoms with Crippen molar-refractivity contribution in [3.8, 4) is 11.1 Å². The predicted octanol–water partition coefficient (Wildman–Crippen LogP) is 7.10. The molecule has 3 aromatic rings. The number of amides is 2. The maximum atomic E-state index is 13.2. The Kier molecular flexibility index (Phi) is 7.57. The molecule has 0 bridgehead atoms. The predicted molar refractivity (Wildman–Crippen MR) is 138 cm³/mol. The Hall–Kier alpha value is -4.14. The Morgan fingerprint density at radius 3 is 2.05 bits per heavy atom. The third-order valence-corrected chi connectivity index (χ3v) is 6.83. The lowest BCUT2D eigenvalue weighted by molar-refractivity contribution is -0.160. The molecule has 2 amide bonds. The summed E-state index contributed by atoms with van der Waals surface area (Å²) in [5.74, 6) is -2.21. The van der Waals surface area contributed by atoms with E-state index in [4.69, 9.17) is 0 Å². The summed E-state index contributed by atoms with van der Waals surface area (Å²) in [5.41, 5.74) is 2.67. The quantitative estimate of drug-likeness (QED) is 0.307. The van der Waals surface area contributed by atoms with Crippen LogP contribution in [0.15, 0.2) is 66.7 Å². The van der Waals surface area contributed by atoms with Crippen LogP contribution in [0.2, 0.25) is 0 Å². The van der Waals surface area contributed by atoms with Crippen LogP contribution in [0.5, 0.6) is 0 Å². The molecule has 1 aliphatic carbocycles. The molecule has 0 aromatic heterocycles. The highest BCUT2D eigenvalue weighted by molar-refractivity contribution is 6.05. The molecule has 1 aliphatic rings. The summed E-state index contributed by atoms with van der Waals surface area (Å²) in [7, 11) is 0. The number of hydrogen-bond acceptors (Lipinski definition) is 3. The van der Waals surface area contributed by atoms with Gasteiger partial charge in [-0.2, -0.15) is 13.2 Å². The molecule has 9 heteroatoms. The monoisotopic (exact) mass is 524 g/mol. The number of fused-ring (bicyclic) bond motifs is 1. The second-order valence-electron chi connectivity index (χ2n) is 9.55. The van der Waals surface area contributed by atoms with Crippen molar-refractivity contribution in [2.45, 2.75) is 45.2 Å². The highest BCUT2D eigenvalue weighted by Gasteiger charge is 2.50. The number of benzene rings is 3. The molecule has 6 nitrogen and oxygen atoms in total. The van der Waals surface area contributed by atoms with Gasteiger partial charge in [-0.05, 0) is 65.8 Å². The van der Waals surface area contributed by atoms with E-state index in [-0.39, 0.29) is 18.4 Å². The number of aliphatic carboxylic acids is 1. The molecular weight excluding hydrogens is 497 g/mol.